The first-order valence-electron chi connectivity index (χ1n) is 5.76. The van der Waals surface area contributed by atoms with Crippen LogP contribution in [0.1, 0.15) is 11.5 Å². The molecule has 2 rings (SSSR count). The molecule has 0 spiro atoms. The van der Waals surface area contributed by atoms with Crippen LogP contribution in [0.4, 0.5) is 5.69 Å². The molecule has 0 saturated carbocycles. The van der Waals surface area contributed by atoms with Gasteiger partial charge in [-0.15, -0.1) is 11.8 Å². The number of furan rings is 1. The number of hydrogen-bond donors (Lipinski definition) is 1. The lowest BCUT2D eigenvalue weighted by Crippen LogP contribution is -1.97. The van der Waals surface area contributed by atoms with Crippen molar-refractivity contribution in [3.05, 3.63) is 47.9 Å². The standard InChI is InChI=1S/C14H17NOS2/c1-17-10-13-7-6-12(16-13)9-15-11-4-3-5-14(8-11)18-2/h3-8,15H,9-10H2,1-2H3. The third-order valence-corrected chi connectivity index (χ3v) is 3.84. The molecule has 0 aliphatic carbocycles. The second kappa shape index (κ2) is 6.81. The van der Waals surface area contributed by atoms with Crippen LogP contribution in [0.25, 0.3) is 0 Å². The van der Waals surface area contributed by atoms with Crippen molar-refractivity contribution < 1.29 is 4.42 Å². The lowest BCUT2D eigenvalue weighted by atomic mass is 10.3. The molecular formula is C14H17NOS2. The topological polar surface area (TPSA) is 25.2 Å². The molecule has 0 aliphatic rings. The molecule has 0 radical (unpaired) electrons. The SMILES string of the molecule is CSCc1ccc(CNc2cccc(SC)c2)o1. The minimum atomic E-state index is 0.728. The Hall–Kier alpha value is -1.00. The van der Waals surface area contributed by atoms with Crippen LogP contribution in [0.3, 0.4) is 0 Å². The van der Waals surface area contributed by atoms with Gasteiger partial charge in [-0.1, -0.05) is 6.07 Å². The van der Waals surface area contributed by atoms with Crippen molar-refractivity contribution in [1.82, 2.24) is 0 Å². The highest BCUT2D eigenvalue weighted by Crippen LogP contribution is 2.20. The average Bonchev–Trinajstić information content (AvgIpc) is 2.85. The lowest BCUT2D eigenvalue weighted by molar-refractivity contribution is 0.487. The summed E-state index contributed by atoms with van der Waals surface area (Å²) in [6.07, 6.45) is 4.16. The van der Waals surface area contributed by atoms with Gasteiger partial charge in [0.15, 0.2) is 0 Å². The molecule has 0 atom stereocenters. The Balaban J connectivity index is 1.93. The van der Waals surface area contributed by atoms with Gasteiger partial charge in [-0.2, -0.15) is 11.8 Å². The maximum absolute atomic E-state index is 5.71. The molecule has 1 aromatic heterocycles. The first-order valence-corrected chi connectivity index (χ1v) is 8.38. The van der Waals surface area contributed by atoms with E-state index >= 15 is 0 Å². The second-order valence-electron chi connectivity index (χ2n) is 3.89. The van der Waals surface area contributed by atoms with Crippen molar-refractivity contribution in [3.8, 4) is 0 Å². The predicted molar refractivity (Wildman–Crippen MR) is 81.5 cm³/mol. The van der Waals surface area contributed by atoms with E-state index in [1.165, 1.54) is 4.90 Å². The Labute approximate surface area is 117 Å². The van der Waals surface area contributed by atoms with Crippen molar-refractivity contribution in [3.63, 3.8) is 0 Å². The molecular weight excluding hydrogens is 262 g/mol. The summed E-state index contributed by atoms with van der Waals surface area (Å²) in [5.74, 6) is 2.95. The smallest absolute Gasteiger partial charge is 0.123 e. The van der Waals surface area contributed by atoms with Crippen LogP contribution in [0.5, 0.6) is 0 Å². The summed E-state index contributed by atoms with van der Waals surface area (Å²) in [7, 11) is 0. The molecule has 4 heteroatoms. The van der Waals surface area contributed by atoms with Gasteiger partial charge in [-0.25, -0.2) is 0 Å². The van der Waals surface area contributed by atoms with Crippen molar-refractivity contribution in [1.29, 1.82) is 0 Å². The molecule has 0 unspecified atom stereocenters. The summed E-state index contributed by atoms with van der Waals surface area (Å²) in [6.45, 7) is 0.728. The molecule has 1 heterocycles. The molecule has 0 saturated heterocycles. The highest BCUT2D eigenvalue weighted by molar-refractivity contribution is 7.98. The number of hydrogen-bond acceptors (Lipinski definition) is 4. The van der Waals surface area contributed by atoms with Crippen LogP contribution in [-0.4, -0.2) is 12.5 Å². The Kier molecular flexibility index (Phi) is 5.08. The Morgan fingerprint density at radius 3 is 2.72 bits per heavy atom. The zero-order valence-corrected chi connectivity index (χ0v) is 12.2. The number of nitrogens with one attached hydrogen (secondary N) is 1. The van der Waals surface area contributed by atoms with Gasteiger partial charge in [0.2, 0.25) is 0 Å². The van der Waals surface area contributed by atoms with Gasteiger partial charge in [0.1, 0.15) is 11.5 Å². The fourth-order valence-electron chi connectivity index (χ4n) is 1.66. The van der Waals surface area contributed by atoms with E-state index in [0.29, 0.717) is 0 Å². The quantitative estimate of drug-likeness (QED) is 0.788. The van der Waals surface area contributed by atoms with Crippen molar-refractivity contribution >= 4 is 29.2 Å². The Bertz CT molecular complexity index is 496. The van der Waals surface area contributed by atoms with Gasteiger partial charge < -0.3 is 9.73 Å². The summed E-state index contributed by atoms with van der Waals surface area (Å²) < 4.78 is 5.71. The zero-order chi connectivity index (χ0) is 12.8. The average molecular weight is 279 g/mol. The molecule has 0 amide bonds. The monoisotopic (exact) mass is 279 g/mol. The molecule has 1 aromatic carbocycles. The number of anilines is 1. The number of thioether (sulfide) groups is 2. The van der Waals surface area contributed by atoms with E-state index in [0.717, 1.165) is 29.5 Å². The summed E-state index contributed by atoms with van der Waals surface area (Å²) in [4.78, 5) is 1.27. The van der Waals surface area contributed by atoms with Gasteiger partial charge in [0.25, 0.3) is 0 Å². The van der Waals surface area contributed by atoms with E-state index in [1.807, 2.05) is 12.1 Å². The molecule has 0 fully saturated rings. The minimum Gasteiger partial charge on any atom is -0.463 e. The lowest BCUT2D eigenvalue weighted by Gasteiger charge is -2.05. The second-order valence-corrected chi connectivity index (χ2v) is 5.63. The van der Waals surface area contributed by atoms with Crippen molar-refractivity contribution in [2.24, 2.45) is 0 Å². The van der Waals surface area contributed by atoms with Crippen molar-refractivity contribution in [2.75, 3.05) is 17.8 Å². The molecule has 0 aliphatic heterocycles. The number of benzene rings is 1. The number of rotatable bonds is 6. The molecule has 96 valence electrons. The maximum atomic E-state index is 5.71. The summed E-state index contributed by atoms with van der Waals surface area (Å²) in [5, 5.41) is 3.38. The fraction of sp³-hybridized carbons (Fsp3) is 0.286. The van der Waals surface area contributed by atoms with Crippen LogP contribution in [0.2, 0.25) is 0 Å². The molecule has 0 bridgehead atoms. The van der Waals surface area contributed by atoms with Crippen LogP contribution in [0.15, 0.2) is 45.7 Å². The van der Waals surface area contributed by atoms with Crippen LogP contribution >= 0.6 is 23.5 Å². The Morgan fingerprint density at radius 2 is 1.94 bits per heavy atom. The van der Waals surface area contributed by atoms with Gasteiger partial charge in [0, 0.05) is 10.6 Å². The van der Waals surface area contributed by atoms with Crippen LogP contribution in [-0.2, 0) is 12.3 Å². The van der Waals surface area contributed by atoms with Crippen LogP contribution in [0, 0.1) is 0 Å². The Morgan fingerprint density at radius 1 is 1.11 bits per heavy atom. The third kappa shape index (κ3) is 3.75. The van der Waals surface area contributed by atoms with Gasteiger partial charge in [-0.05, 0) is 42.8 Å². The summed E-state index contributed by atoms with van der Waals surface area (Å²) >= 11 is 3.52. The van der Waals surface area contributed by atoms with E-state index < -0.39 is 0 Å². The summed E-state index contributed by atoms with van der Waals surface area (Å²) in [6, 6.07) is 12.5. The highest BCUT2D eigenvalue weighted by atomic mass is 32.2. The predicted octanol–water partition coefficient (Wildman–Crippen LogP) is 4.48. The van der Waals surface area contributed by atoms with Gasteiger partial charge in [0.05, 0.1) is 12.3 Å². The maximum Gasteiger partial charge on any atom is 0.123 e. The summed E-state index contributed by atoms with van der Waals surface area (Å²) in [5.41, 5.74) is 1.13. The van der Waals surface area contributed by atoms with Gasteiger partial charge >= 0.3 is 0 Å². The van der Waals surface area contributed by atoms with Crippen molar-refractivity contribution in [2.45, 2.75) is 17.2 Å². The van der Waals surface area contributed by atoms with E-state index in [1.54, 1.807) is 23.5 Å². The zero-order valence-electron chi connectivity index (χ0n) is 10.6. The normalized spacial score (nSPS) is 10.6. The van der Waals surface area contributed by atoms with Crippen LogP contribution < -0.4 is 5.32 Å². The third-order valence-electron chi connectivity index (χ3n) is 2.54. The highest BCUT2D eigenvalue weighted by Gasteiger charge is 2.01. The first-order chi connectivity index (χ1) is 8.81. The molecule has 1 N–H and O–H groups in total. The van der Waals surface area contributed by atoms with Gasteiger partial charge in [-0.3, -0.25) is 0 Å². The first kappa shape index (κ1) is 13.4. The fourth-order valence-corrected chi connectivity index (χ4v) is 2.56. The minimum absolute atomic E-state index is 0.728. The molecule has 18 heavy (non-hydrogen) atoms. The largest absolute Gasteiger partial charge is 0.463 e. The molecule has 2 nitrogen and oxygen atoms in total. The van der Waals surface area contributed by atoms with E-state index in [-0.39, 0.29) is 0 Å². The molecule has 2 aromatic rings. The van der Waals surface area contributed by atoms with E-state index in [2.05, 4.69) is 42.1 Å². The van der Waals surface area contributed by atoms with E-state index in [9.17, 15) is 0 Å². The van der Waals surface area contributed by atoms with E-state index in [4.69, 9.17) is 4.42 Å².